The van der Waals surface area contributed by atoms with Crippen molar-refractivity contribution >= 4 is 17.9 Å². The summed E-state index contributed by atoms with van der Waals surface area (Å²) in [6, 6.07) is 7.48. The average molecular weight is 269 g/mol. The highest BCUT2D eigenvalue weighted by atomic mass is 32.2. The molecule has 0 spiro atoms. The van der Waals surface area contributed by atoms with E-state index in [1.54, 1.807) is 17.8 Å². The van der Waals surface area contributed by atoms with Crippen LogP contribution in [0.2, 0.25) is 0 Å². The topological polar surface area (TPSA) is 47.6 Å². The van der Waals surface area contributed by atoms with Crippen LogP contribution in [0.1, 0.15) is 13.8 Å². The van der Waals surface area contributed by atoms with Gasteiger partial charge in [0.2, 0.25) is 0 Å². The fourth-order valence-electron chi connectivity index (χ4n) is 1.32. The lowest BCUT2D eigenvalue weighted by Crippen LogP contribution is -2.22. The minimum Gasteiger partial charge on any atom is -0.409 e. The zero-order valence-corrected chi connectivity index (χ0v) is 11.8. The minimum absolute atomic E-state index is 0.305. The number of carbonyl (C=O) groups is 1. The fraction of sp³-hybridized carbons (Fsp3) is 0.462. The molecule has 0 aliphatic carbocycles. The Labute approximate surface area is 112 Å². The summed E-state index contributed by atoms with van der Waals surface area (Å²) in [5.74, 6) is 0.574. The van der Waals surface area contributed by atoms with Gasteiger partial charge < -0.3 is 14.8 Å². The van der Waals surface area contributed by atoms with Crippen LogP contribution in [0.5, 0.6) is 5.75 Å². The molecule has 0 saturated carbocycles. The van der Waals surface area contributed by atoms with Gasteiger partial charge in [0.15, 0.2) is 0 Å². The maximum Gasteiger partial charge on any atom is 0.412 e. The van der Waals surface area contributed by atoms with E-state index in [9.17, 15) is 4.79 Å². The highest BCUT2D eigenvalue weighted by Crippen LogP contribution is 2.32. The van der Waals surface area contributed by atoms with Gasteiger partial charge >= 0.3 is 6.09 Å². The van der Waals surface area contributed by atoms with E-state index < -0.39 is 6.09 Å². The molecule has 0 aliphatic rings. The van der Waals surface area contributed by atoms with Crippen molar-refractivity contribution in [1.82, 2.24) is 5.32 Å². The Kier molecular flexibility index (Phi) is 6.60. The summed E-state index contributed by atoms with van der Waals surface area (Å²) in [7, 11) is 1.54. The third kappa shape index (κ3) is 4.98. The Morgan fingerprint density at radius 2 is 2.17 bits per heavy atom. The lowest BCUT2D eigenvalue weighted by molar-refractivity contribution is 0.151. The largest absolute Gasteiger partial charge is 0.412 e. The van der Waals surface area contributed by atoms with Gasteiger partial charge in [-0.2, -0.15) is 0 Å². The highest BCUT2D eigenvalue weighted by Gasteiger charge is 2.11. The molecule has 0 saturated heterocycles. The van der Waals surface area contributed by atoms with Crippen molar-refractivity contribution in [2.75, 3.05) is 20.3 Å². The van der Waals surface area contributed by atoms with Crippen molar-refractivity contribution in [2.24, 2.45) is 0 Å². The maximum absolute atomic E-state index is 11.2. The number of carbonyl (C=O) groups excluding carboxylic acids is 1. The van der Waals surface area contributed by atoms with Gasteiger partial charge in [-0.15, -0.1) is 11.8 Å². The van der Waals surface area contributed by atoms with Crippen LogP contribution >= 0.6 is 11.8 Å². The van der Waals surface area contributed by atoms with E-state index in [2.05, 4.69) is 12.2 Å². The van der Waals surface area contributed by atoms with E-state index in [1.807, 2.05) is 25.1 Å². The van der Waals surface area contributed by atoms with Crippen LogP contribution in [-0.2, 0) is 4.74 Å². The molecular formula is C13H19NO3S. The van der Waals surface area contributed by atoms with Crippen LogP contribution in [-0.4, -0.2) is 31.6 Å². The molecule has 100 valence electrons. The molecule has 1 rings (SSSR count). The standard InChI is InChI=1S/C13H19NO3S/c1-4-16-9-10(2)18-12-8-6-5-7-11(12)17-13(15)14-3/h5-8,10H,4,9H2,1-3H3,(H,14,15). The maximum atomic E-state index is 11.2. The van der Waals surface area contributed by atoms with Crippen molar-refractivity contribution in [3.63, 3.8) is 0 Å². The minimum atomic E-state index is -0.458. The summed E-state index contributed by atoms with van der Waals surface area (Å²) in [6.45, 7) is 5.44. The van der Waals surface area contributed by atoms with Crippen LogP contribution in [0.15, 0.2) is 29.2 Å². The lowest BCUT2D eigenvalue weighted by atomic mass is 10.3. The highest BCUT2D eigenvalue weighted by molar-refractivity contribution is 8.00. The molecule has 0 aromatic heterocycles. The zero-order valence-electron chi connectivity index (χ0n) is 10.9. The molecule has 0 fully saturated rings. The number of nitrogens with one attached hydrogen (secondary N) is 1. The normalized spacial score (nSPS) is 11.9. The number of thioether (sulfide) groups is 1. The van der Waals surface area contributed by atoms with Gasteiger partial charge in [-0.05, 0) is 19.1 Å². The summed E-state index contributed by atoms with van der Waals surface area (Å²) in [5.41, 5.74) is 0. The predicted octanol–water partition coefficient (Wildman–Crippen LogP) is 2.92. The number of ether oxygens (including phenoxy) is 2. The van der Waals surface area contributed by atoms with E-state index in [-0.39, 0.29) is 0 Å². The molecule has 1 aromatic carbocycles. The van der Waals surface area contributed by atoms with Crippen molar-refractivity contribution in [2.45, 2.75) is 24.0 Å². The first-order valence-corrected chi connectivity index (χ1v) is 6.78. The van der Waals surface area contributed by atoms with E-state index in [0.717, 1.165) is 4.90 Å². The van der Waals surface area contributed by atoms with E-state index in [4.69, 9.17) is 9.47 Å². The summed E-state index contributed by atoms with van der Waals surface area (Å²) < 4.78 is 10.6. The lowest BCUT2D eigenvalue weighted by Gasteiger charge is -2.13. The third-order valence-electron chi connectivity index (χ3n) is 2.14. The molecule has 1 atom stereocenters. The molecule has 1 aromatic rings. The van der Waals surface area contributed by atoms with Crippen molar-refractivity contribution in [3.8, 4) is 5.75 Å². The number of hydrogen-bond donors (Lipinski definition) is 1. The monoisotopic (exact) mass is 269 g/mol. The van der Waals surface area contributed by atoms with Gasteiger partial charge in [0.05, 0.1) is 11.5 Å². The molecule has 4 nitrogen and oxygen atoms in total. The Balaban J connectivity index is 2.66. The van der Waals surface area contributed by atoms with Crippen LogP contribution in [0.25, 0.3) is 0 Å². The van der Waals surface area contributed by atoms with E-state index >= 15 is 0 Å². The second-order valence-electron chi connectivity index (χ2n) is 3.67. The van der Waals surface area contributed by atoms with E-state index in [0.29, 0.717) is 24.2 Å². The first-order chi connectivity index (χ1) is 8.67. The molecule has 0 bridgehead atoms. The van der Waals surface area contributed by atoms with Crippen molar-refractivity contribution in [1.29, 1.82) is 0 Å². The summed E-state index contributed by atoms with van der Waals surface area (Å²) in [5, 5.41) is 2.74. The quantitative estimate of drug-likeness (QED) is 0.807. The summed E-state index contributed by atoms with van der Waals surface area (Å²) >= 11 is 1.63. The fourth-order valence-corrected chi connectivity index (χ4v) is 2.30. The number of rotatable bonds is 6. The van der Waals surface area contributed by atoms with Crippen LogP contribution < -0.4 is 10.1 Å². The average Bonchev–Trinajstić information content (AvgIpc) is 2.38. The molecule has 1 unspecified atom stereocenters. The van der Waals surface area contributed by atoms with Gasteiger partial charge in [-0.1, -0.05) is 19.1 Å². The molecule has 0 radical (unpaired) electrons. The zero-order chi connectivity index (χ0) is 13.4. The second-order valence-corrected chi connectivity index (χ2v) is 5.15. The number of hydrogen-bond acceptors (Lipinski definition) is 4. The summed E-state index contributed by atoms with van der Waals surface area (Å²) in [6.07, 6.45) is -0.458. The van der Waals surface area contributed by atoms with Gasteiger partial charge in [-0.3, -0.25) is 0 Å². The Morgan fingerprint density at radius 1 is 1.44 bits per heavy atom. The van der Waals surface area contributed by atoms with Crippen LogP contribution in [0, 0.1) is 0 Å². The predicted molar refractivity (Wildman–Crippen MR) is 73.3 cm³/mol. The Morgan fingerprint density at radius 3 is 2.83 bits per heavy atom. The SMILES string of the molecule is CCOCC(C)Sc1ccccc1OC(=O)NC. The van der Waals surface area contributed by atoms with Gasteiger partial charge in [0.1, 0.15) is 5.75 Å². The number of para-hydroxylation sites is 1. The first-order valence-electron chi connectivity index (χ1n) is 5.90. The van der Waals surface area contributed by atoms with E-state index in [1.165, 1.54) is 7.05 Å². The van der Waals surface area contributed by atoms with Crippen LogP contribution in [0.4, 0.5) is 4.79 Å². The van der Waals surface area contributed by atoms with Crippen LogP contribution in [0.3, 0.4) is 0 Å². The van der Waals surface area contributed by atoms with Crippen molar-refractivity contribution in [3.05, 3.63) is 24.3 Å². The molecule has 1 N–H and O–H groups in total. The smallest absolute Gasteiger partial charge is 0.409 e. The van der Waals surface area contributed by atoms with Gasteiger partial charge in [-0.25, -0.2) is 4.79 Å². The number of amides is 1. The molecule has 5 heteroatoms. The molecule has 18 heavy (non-hydrogen) atoms. The number of benzene rings is 1. The van der Waals surface area contributed by atoms with Crippen molar-refractivity contribution < 1.29 is 14.3 Å². The molecular weight excluding hydrogens is 250 g/mol. The summed E-state index contributed by atoms with van der Waals surface area (Å²) in [4.78, 5) is 12.2. The van der Waals surface area contributed by atoms with Gasteiger partial charge in [0.25, 0.3) is 0 Å². The Bertz CT molecular complexity index is 384. The molecule has 1 amide bonds. The molecule has 0 heterocycles. The third-order valence-corrected chi connectivity index (χ3v) is 3.27. The second kappa shape index (κ2) is 8.00. The Hall–Kier alpha value is -1.20. The van der Waals surface area contributed by atoms with Gasteiger partial charge in [0, 0.05) is 18.9 Å². The first kappa shape index (κ1) is 14.9. The molecule has 0 aliphatic heterocycles.